The van der Waals surface area contributed by atoms with Gasteiger partial charge >= 0.3 is 18.2 Å². The summed E-state index contributed by atoms with van der Waals surface area (Å²) < 4.78 is 49.4. The zero-order valence-corrected chi connectivity index (χ0v) is 16.5. The third kappa shape index (κ3) is 5.44. The molecule has 0 bridgehead atoms. The molecule has 1 aliphatic rings. The molecule has 2 aromatic rings. The minimum atomic E-state index is -4.54. The molecule has 0 saturated heterocycles. The van der Waals surface area contributed by atoms with E-state index in [4.69, 9.17) is 9.15 Å². The summed E-state index contributed by atoms with van der Waals surface area (Å²) >= 11 is 0. The Morgan fingerprint density at radius 2 is 1.84 bits per heavy atom. The fourth-order valence-electron chi connectivity index (χ4n) is 3.64. The lowest BCUT2D eigenvalue weighted by molar-refractivity contribution is -0.154. The lowest BCUT2D eigenvalue weighted by atomic mass is 9.78. The summed E-state index contributed by atoms with van der Waals surface area (Å²) in [6.07, 6.45) is -1.18. The quantitative estimate of drug-likeness (QED) is 0.671. The number of hydrogen-bond acceptors (Lipinski definition) is 5. The molecule has 0 radical (unpaired) electrons. The normalized spacial score (nSPS) is 15.3. The SMILES string of the molecule is O=C(COC(=O)C1(c2cccc(C(F)(F)F)c2)CCCC1)NC(=O)NCc1ccco1. The molecule has 3 rings (SSSR count). The van der Waals surface area contributed by atoms with Gasteiger partial charge in [0.2, 0.25) is 0 Å². The summed E-state index contributed by atoms with van der Waals surface area (Å²) in [5, 5.41) is 4.41. The van der Waals surface area contributed by atoms with Crippen LogP contribution in [0.1, 0.15) is 42.6 Å². The number of amides is 3. The van der Waals surface area contributed by atoms with Gasteiger partial charge in [-0.3, -0.25) is 14.9 Å². The number of halogens is 3. The zero-order chi connectivity index (χ0) is 22.5. The van der Waals surface area contributed by atoms with E-state index in [9.17, 15) is 27.6 Å². The first kappa shape index (κ1) is 22.4. The lowest BCUT2D eigenvalue weighted by Crippen LogP contribution is -2.42. The van der Waals surface area contributed by atoms with Crippen LogP contribution in [0.2, 0.25) is 0 Å². The van der Waals surface area contributed by atoms with Crippen LogP contribution in [0.15, 0.2) is 47.1 Å². The molecule has 31 heavy (non-hydrogen) atoms. The molecular formula is C21H21F3N2O5. The molecular weight excluding hydrogens is 417 g/mol. The summed E-state index contributed by atoms with van der Waals surface area (Å²) in [7, 11) is 0. The van der Waals surface area contributed by atoms with Crippen molar-refractivity contribution in [2.45, 2.75) is 43.8 Å². The second-order valence-corrected chi connectivity index (χ2v) is 7.25. The molecule has 2 N–H and O–H groups in total. The Balaban J connectivity index is 1.59. The fraction of sp³-hybridized carbons (Fsp3) is 0.381. The number of urea groups is 1. The second kappa shape index (κ2) is 9.23. The molecule has 10 heteroatoms. The number of nitrogens with one attached hydrogen (secondary N) is 2. The number of hydrogen-bond donors (Lipinski definition) is 2. The number of carbonyl (C=O) groups is 3. The Morgan fingerprint density at radius 3 is 2.48 bits per heavy atom. The van der Waals surface area contributed by atoms with Gasteiger partial charge in [0.15, 0.2) is 6.61 Å². The number of esters is 1. The highest BCUT2D eigenvalue weighted by molar-refractivity contribution is 5.96. The van der Waals surface area contributed by atoms with Crippen LogP contribution in [0.25, 0.3) is 0 Å². The number of furan rings is 1. The van der Waals surface area contributed by atoms with E-state index >= 15 is 0 Å². The minimum absolute atomic E-state index is 0.0601. The van der Waals surface area contributed by atoms with Crippen molar-refractivity contribution in [1.82, 2.24) is 10.6 Å². The third-order valence-electron chi connectivity index (χ3n) is 5.18. The molecule has 0 atom stereocenters. The van der Waals surface area contributed by atoms with Crippen LogP contribution in [-0.4, -0.2) is 24.5 Å². The molecule has 0 unspecified atom stereocenters. The lowest BCUT2D eigenvalue weighted by Gasteiger charge is -2.27. The topological polar surface area (TPSA) is 97.6 Å². The fourth-order valence-corrected chi connectivity index (χ4v) is 3.64. The van der Waals surface area contributed by atoms with Gasteiger partial charge in [0.05, 0.1) is 23.8 Å². The van der Waals surface area contributed by atoms with Crippen LogP contribution in [0.3, 0.4) is 0 Å². The summed E-state index contributed by atoms with van der Waals surface area (Å²) in [6.45, 7) is -0.668. The van der Waals surface area contributed by atoms with Gasteiger partial charge in [0, 0.05) is 0 Å². The Bertz CT molecular complexity index is 935. The second-order valence-electron chi connectivity index (χ2n) is 7.25. The molecule has 1 aromatic carbocycles. The molecule has 1 fully saturated rings. The largest absolute Gasteiger partial charge is 0.467 e. The first-order chi connectivity index (χ1) is 14.7. The van der Waals surface area contributed by atoms with Crippen molar-refractivity contribution in [2.75, 3.05) is 6.61 Å². The van der Waals surface area contributed by atoms with Crippen molar-refractivity contribution in [3.63, 3.8) is 0 Å². The molecule has 1 aromatic heterocycles. The van der Waals surface area contributed by atoms with E-state index in [-0.39, 0.29) is 12.1 Å². The average molecular weight is 438 g/mol. The first-order valence-corrected chi connectivity index (χ1v) is 9.66. The molecule has 3 amide bonds. The van der Waals surface area contributed by atoms with E-state index < -0.39 is 41.7 Å². The maximum atomic E-state index is 13.1. The molecule has 1 aliphatic carbocycles. The Morgan fingerprint density at radius 1 is 1.10 bits per heavy atom. The van der Waals surface area contributed by atoms with E-state index in [0.29, 0.717) is 31.4 Å². The summed E-state index contributed by atoms with van der Waals surface area (Å²) in [6, 6.07) is 7.08. The molecule has 166 valence electrons. The van der Waals surface area contributed by atoms with Gasteiger partial charge in [-0.15, -0.1) is 0 Å². The van der Waals surface area contributed by atoms with Gasteiger partial charge in [-0.2, -0.15) is 13.2 Å². The van der Waals surface area contributed by atoms with Gasteiger partial charge in [-0.25, -0.2) is 4.79 Å². The predicted molar refractivity (Wildman–Crippen MR) is 102 cm³/mol. The van der Waals surface area contributed by atoms with E-state index in [2.05, 4.69) is 5.32 Å². The summed E-state index contributed by atoms with van der Waals surface area (Å²) in [4.78, 5) is 36.5. The van der Waals surface area contributed by atoms with Crippen LogP contribution in [0, 0.1) is 0 Å². The minimum Gasteiger partial charge on any atom is -0.467 e. The average Bonchev–Trinajstić information content (AvgIpc) is 3.42. The van der Waals surface area contributed by atoms with Crippen molar-refractivity contribution in [1.29, 1.82) is 0 Å². The Hall–Kier alpha value is -3.30. The van der Waals surface area contributed by atoms with E-state index in [1.165, 1.54) is 18.4 Å². The zero-order valence-electron chi connectivity index (χ0n) is 16.5. The maximum Gasteiger partial charge on any atom is 0.416 e. The molecule has 1 saturated carbocycles. The first-order valence-electron chi connectivity index (χ1n) is 9.66. The highest BCUT2D eigenvalue weighted by Crippen LogP contribution is 2.43. The maximum absolute atomic E-state index is 13.1. The van der Waals surface area contributed by atoms with Crippen molar-refractivity contribution in [3.8, 4) is 0 Å². The van der Waals surface area contributed by atoms with Crippen LogP contribution in [-0.2, 0) is 32.5 Å². The summed E-state index contributed by atoms with van der Waals surface area (Å²) in [5.41, 5.74) is -1.89. The van der Waals surface area contributed by atoms with Crippen molar-refractivity contribution >= 4 is 17.9 Å². The molecule has 1 heterocycles. The van der Waals surface area contributed by atoms with E-state index in [1.54, 1.807) is 12.1 Å². The Labute approximate surface area is 175 Å². The number of imide groups is 1. The van der Waals surface area contributed by atoms with Crippen LogP contribution >= 0.6 is 0 Å². The highest BCUT2D eigenvalue weighted by atomic mass is 19.4. The van der Waals surface area contributed by atoms with Crippen molar-refractivity contribution in [2.24, 2.45) is 0 Å². The third-order valence-corrected chi connectivity index (χ3v) is 5.18. The van der Waals surface area contributed by atoms with Gasteiger partial charge < -0.3 is 14.5 Å². The monoisotopic (exact) mass is 438 g/mol. The number of ether oxygens (including phenoxy) is 1. The van der Waals surface area contributed by atoms with Gasteiger partial charge in [-0.05, 0) is 36.6 Å². The number of benzene rings is 1. The molecule has 0 aliphatic heterocycles. The van der Waals surface area contributed by atoms with E-state index in [0.717, 1.165) is 12.1 Å². The van der Waals surface area contributed by atoms with E-state index in [1.807, 2.05) is 5.32 Å². The number of alkyl halides is 3. The Kier molecular flexibility index (Phi) is 6.67. The van der Waals surface area contributed by atoms with Crippen LogP contribution in [0.4, 0.5) is 18.0 Å². The molecule has 7 nitrogen and oxygen atoms in total. The molecule has 0 spiro atoms. The van der Waals surface area contributed by atoms with Crippen LogP contribution in [0.5, 0.6) is 0 Å². The number of carbonyl (C=O) groups excluding carboxylic acids is 3. The van der Waals surface area contributed by atoms with Crippen molar-refractivity contribution < 1.29 is 36.7 Å². The van der Waals surface area contributed by atoms with Gasteiger partial charge in [0.25, 0.3) is 5.91 Å². The predicted octanol–water partition coefficient (Wildman–Crippen LogP) is 3.68. The standard InChI is InChI=1S/C21H21F3N2O5/c22-21(23,24)15-6-3-5-14(11-15)20(8-1-2-9-20)18(28)31-13-17(27)26-19(29)25-12-16-7-4-10-30-16/h3-7,10-11H,1-2,8-9,12-13H2,(H2,25,26,27,29). The van der Waals surface area contributed by atoms with Crippen LogP contribution < -0.4 is 10.6 Å². The summed E-state index contributed by atoms with van der Waals surface area (Å²) in [5.74, 6) is -1.16. The highest BCUT2D eigenvalue weighted by Gasteiger charge is 2.45. The van der Waals surface area contributed by atoms with Crippen molar-refractivity contribution in [3.05, 3.63) is 59.5 Å². The van der Waals surface area contributed by atoms with Gasteiger partial charge in [0.1, 0.15) is 5.76 Å². The van der Waals surface area contributed by atoms with Gasteiger partial charge in [-0.1, -0.05) is 31.0 Å². The number of rotatable bonds is 6. The smallest absolute Gasteiger partial charge is 0.416 e.